The van der Waals surface area contributed by atoms with Crippen LogP contribution in [0.3, 0.4) is 0 Å². The molecule has 1 fully saturated rings. The van der Waals surface area contributed by atoms with Crippen molar-refractivity contribution in [1.82, 2.24) is 9.88 Å². The average molecular weight is 359 g/mol. The molecule has 2 heterocycles. The summed E-state index contributed by atoms with van der Waals surface area (Å²) in [6, 6.07) is 6.28. The molecule has 25 heavy (non-hydrogen) atoms. The summed E-state index contributed by atoms with van der Waals surface area (Å²) in [5, 5.41) is 5.16. The molecule has 1 aromatic carbocycles. The number of anilines is 2. The number of piperazine rings is 1. The van der Waals surface area contributed by atoms with Crippen LogP contribution in [-0.4, -0.2) is 47.7 Å². The Kier molecular flexibility index (Phi) is 5.53. The Morgan fingerprint density at radius 3 is 2.68 bits per heavy atom. The molecular formula is C18H25N5OS. The van der Waals surface area contributed by atoms with Gasteiger partial charge in [0.1, 0.15) is 5.52 Å². The fourth-order valence-corrected chi connectivity index (χ4v) is 3.71. The molecule has 0 atom stereocenters. The van der Waals surface area contributed by atoms with Crippen molar-refractivity contribution >= 4 is 44.0 Å². The van der Waals surface area contributed by atoms with Crippen LogP contribution < -0.4 is 10.3 Å². The lowest BCUT2D eigenvalue weighted by Crippen LogP contribution is -2.48. The molecule has 0 saturated carbocycles. The van der Waals surface area contributed by atoms with Gasteiger partial charge in [0.25, 0.3) is 0 Å². The van der Waals surface area contributed by atoms with Crippen molar-refractivity contribution in [3.63, 3.8) is 0 Å². The van der Waals surface area contributed by atoms with Gasteiger partial charge in [0.15, 0.2) is 0 Å². The molecule has 0 unspecified atom stereocenters. The van der Waals surface area contributed by atoms with E-state index in [0.29, 0.717) is 6.42 Å². The molecule has 1 aromatic heterocycles. The molecule has 1 aliphatic heterocycles. The van der Waals surface area contributed by atoms with Crippen molar-refractivity contribution in [1.29, 1.82) is 0 Å². The molecule has 3 rings (SSSR count). The zero-order chi connectivity index (χ0) is 17.8. The van der Waals surface area contributed by atoms with Gasteiger partial charge in [-0.05, 0) is 25.5 Å². The number of thiazole rings is 1. The highest BCUT2D eigenvalue weighted by Crippen LogP contribution is 2.33. The van der Waals surface area contributed by atoms with Gasteiger partial charge in [-0.3, -0.25) is 10.2 Å². The zero-order valence-electron chi connectivity index (χ0n) is 15.1. The Labute approximate surface area is 152 Å². The van der Waals surface area contributed by atoms with Gasteiger partial charge in [-0.2, -0.15) is 5.10 Å². The first-order valence-electron chi connectivity index (χ1n) is 8.83. The van der Waals surface area contributed by atoms with Crippen molar-refractivity contribution < 1.29 is 4.79 Å². The molecule has 2 aromatic rings. The van der Waals surface area contributed by atoms with Crippen LogP contribution in [0.2, 0.25) is 0 Å². The number of nitrogens with one attached hydrogen (secondary N) is 1. The normalized spacial score (nSPS) is 15.7. The maximum atomic E-state index is 11.9. The minimum absolute atomic E-state index is 0.238. The summed E-state index contributed by atoms with van der Waals surface area (Å²) in [4.78, 5) is 20.9. The first-order chi connectivity index (χ1) is 12.1. The summed E-state index contributed by atoms with van der Waals surface area (Å²) < 4.78 is 1.15. The van der Waals surface area contributed by atoms with Crippen LogP contribution in [-0.2, 0) is 4.79 Å². The summed E-state index contributed by atoms with van der Waals surface area (Å²) in [5.74, 6) is 0.238. The van der Waals surface area contributed by atoms with Crippen LogP contribution in [0.1, 0.15) is 33.6 Å². The van der Waals surface area contributed by atoms with E-state index in [4.69, 9.17) is 4.98 Å². The molecule has 0 radical (unpaired) electrons. The van der Waals surface area contributed by atoms with E-state index in [9.17, 15) is 4.79 Å². The number of rotatable bonds is 5. The number of carbonyl (C=O) groups is 1. The van der Waals surface area contributed by atoms with Gasteiger partial charge in [0.2, 0.25) is 11.0 Å². The lowest BCUT2D eigenvalue weighted by Gasteiger charge is -2.36. The molecule has 1 amide bonds. The lowest BCUT2D eigenvalue weighted by atomic mass is 10.2. The van der Waals surface area contributed by atoms with E-state index in [-0.39, 0.29) is 5.91 Å². The van der Waals surface area contributed by atoms with E-state index in [2.05, 4.69) is 40.5 Å². The number of hydrazone groups is 1. The number of hydrogen-bond acceptors (Lipinski definition) is 6. The van der Waals surface area contributed by atoms with Crippen molar-refractivity contribution in [3.05, 3.63) is 18.2 Å². The van der Waals surface area contributed by atoms with E-state index in [1.54, 1.807) is 11.3 Å². The van der Waals surface area contributed by atoms with Gasteiger partial charge < -0.3 is 9.80 Å². The second-order valence-electron chi connectivity index (χ2n) is 6.18. The first kappa shape index (κ1) is 17.7. The Morgan fingerprint density at radius 2 is 2.00 bits per heavy atom. The first-order valence-corrected chi connectivity index (χ1v) is 9.65. The quantitative estimate of drug-likeness (QED) is 0.655. The van der Waals surface area contributed by atoms with Crippen LogP contribution in [0.25, 0.3) is 10.2 Å². The summed E-state index contributed by atoms with van der Waals surface area (Å²) in [7, 11) is 0. The second kappa shape index (κ2) is 7.82. The lowest BCUT2D eigenvalue weighted by molar-refractivity contribution is -0.131. The standard InChI is InChI=1S/C18H25N5OS/c1-4-13(3)20-21-18-19-17-14(7-6-8-15(17)25-18)22-9-11-23(12-10-22)16(24)5-2/h6-8H,4-5,9-12H2,1-3H3,(H,19,21)/b20-13-. The molecule has 134 valence electrons. The van der Waals surface area contributed by atoms with Crippen molar-refractivity contribution in [2.45, 2.75) is 33.6 Å². The highest BCUT2D eigenvalue weighted by atomic mass is 32.1. The number of hydrogen-bond donors (Lipinski definition) is 1. The van der Waals surface area contributed by atoms with E-state index in [0.717, 1.165) is 59.3 Å². The number of aromatic nitrogens is 1. The highest BCUT2D eigenvalue weighted by Gasteiger charge is 2.22. The van der Waals surface area contributed by atoms with E-state index >= 15 is 0 Å². The van der Waals surface area contributed by atoms with E-state index in [1.165, 1.54) is 0 Å². The number of carbonyl (C=O) groups excluding carboxylic acids is 1. The van der Waals surface area contributed by atoms with Crippen LogP contribution in [0, 0.1) is 0 Å². The number of nitrogens with zero attached hydrogens (tertiary/aromatic N) is 4. The molecule has 0 spiro atoms. The van der Waals surface area contributed by atoms with Crippen LogP contribution in [0.15, 0.2) is 23.3 Å². The summed E-state index contributed by atoms with van der Waals surface area (Å²) >= 11 is 1.62. The van der Waals surface area contributed by atoms with Gasteiger partial charge in [-0.25, -0.2) is 4.98 Å². The molecule has 0 bridgehead atoms. The number of para-hydroxylation sites is 1. The van der Waals surface area contributed by atoms with Crippen molar-refractivity contribution in [2.24, 2.45) is 5.10 Å². The third-order valence-electron chi connectivity index (χ3n) is 4.53. The molecule has 1 aliphatic rings. The van der Waals surface area contributed by atoms with E-state index in [1.807, 2.05) is 18.7 Å². The Hall–Kier alpha value is -2.15. The van der Waals surface area contributed by atoms with Crippen molar-refractivity contribution in [3.8, 4) is 0 Å². The molecule has 0 aliphatic carbocycles. The minimum Gasteiger partial charge on any atom is -0.366 e. The predicted molar refractivity (Wildman–Crippen MR) is 106 cm³/mol. The summed E-state index contributed by atoms with van der Waals surface area (Å²) in [6.07, 6.45) is 1.50. The second-order valence-corrected chi connectivity index (χ2v) is 7.21. The minimum atomic E-state index is 0.238. The van der Waals surface area contributed by atoms with Gasteiger partial charge >= 0.3 is 0 Å². The van der Waals surface area contributed by atoms with Crippen LogP contribution in [0.4, 0.5) is 10.8 Å². The molecular weight excluding hydrogens is 334 g/mol. The van der Waals surface area contributed by atoms with E-state index < -0.39 is 0 Å². The number of benzene rings is 1. The summed E-state index contributed by atoms with van der Waals surface area (Å²) in [5.41, 5.74) is 6.27. The Balaban J connectivity index is 1.78. The third kappa shape index (κ3) is 3.92. The largest absolute Gasteiger partial charge is 0.366 e. The fraction of sp³-hybridized carbons (Fsp3) is 0.500. The average Bonchev–Trinajstić information content (AvgIpc) is 3.08. The molecule has 1 N–H and O–H groups in total. The maximum absolute atomic E-state index is 11.9. The SMILES string of the molecule is CCC(=O)N1CCN(c2cccc3sc(N/N=C(/C)CC)nc23)CC1. The Bertz CT molecular complexity index is 777. The molecule has 1 saturated heterocycles. The highest BCUT2D eigenvalue weighted by molar-refractivity contribution is 7.22. The maximum Gasteiger partial charge on any atom is 0.222 e. The third-order valence-corrected chi connectivity index (χ3v) is 5.45. The van der Waals surface area contributed by atoms with Gasteiger partial charge in [0.05, 0.1) is 10.4 Å². The van der Waals surface area contributed by atoms with Gasteiger partial charge in [0, 0.05) is 38.3 Å². The topological polar surface area (TPSA) is 60.8 Å². The zero-order valence-corrected chi connectivity index (χ0v) is 15.9. The van der Waals surface area contributed by atoms with Gasteiger partial charge in [-0.15, -0.1) is 0 Å². The fourth-order valence-electron chi connectivity index (χ4n) is 2.88. The molecule has 6 nitrogen and oxygen atoms in total. The van der Waals surface area contributed by atoms with Crippen LogP contribution in [0.5, 0.6) is 0 Å². The summed E-state index contributed by atoms with van der Waals surface area (Å²) in [6.45, 7) is 9.25. The smallest absolute Gasteiger partial charge is 0.222 e. The number of amides is 1. The monoisotopic (exact) mass is 359 g/mol. The number of fused-ring (bicyclic) bond motifs is 1. The van der Waals surface area contributed by atoms with Gasteiger partial charge in [-0.1, -0.05) is 31.3 Å². The van der Waals surface area contributed by atoms with Crippen LogP contribution >= 0.6 is 11.3 Å². The molecule has 7 heteroatoms. The predicted octanol–water partition coefficient (Wildman–Crippen LogP) is 3.55. The Morgan fingerprint density at radius 1 is 1.24 bits per heavy atom. The van der Waals surface area contributed by atoms with Crippen molar-refractivity contribution in [2.75, 3.05) is 36.5 Å².